The van der Waals surface area contributed by atoms with Crippen LogP contribution in [0.1, 0.15) is 12.8 Å². The Morgan fingerprint density at radius 1 is 1.43 bits per heavy atom. The van der Waals surface area contributed by atoms with Crippen LogP contribution < -0.4 is 5.73 Å². The van der Waals surface area contributed by atoms with Gasteiger partial charge in [-0.1, -0.05) is 0 Å². The third kappa shape index (κ3) is 5.63. The Bertz CT molecular complexity index is 43.3. The maximum atomic E-state index is 5.21. The summed E-state index contributed by atoms with van der Waals surface area (Å²) >= 11 is 0. The Labute approximate surface area is 44.4 Å². The molecule has 0 atom stereocenters. The highest BCUT2D eigenvalue weighted by molar-refractivity contribution is 5.22. The number of rotatable bonds is 4. The van der Waals surface area contributed by atoms with Crippen LogP contribution in [0.15, 0.2) is 4.99 Å². The second kappa shape index (κ2) is 5.63. The first-order valence-corrected chi connectivity index (χ1v) is 2.54. The fourth-order valence-electron chi connectivity index (χ4n) is 0.368. The minimum Gasteiger partial charge on any atom is -0.330 e. The van der Waals surface area contributed by atoms with Gasteiger partial charge < -0.3 is 10.7 Å². The summed E-state index contributed by atoms with van der Waals surface area (Å²) in [6.45, 7) is 4.97. The lowest BCUT2D eigenvalue weighted by molar-refractivity contribution is 0.758. The van der Waals surface area contributed by atoms with E-state index in [1.807, 2.05) is 0 Å². The normalized spacial score (nSPS) is 8.71. The van der Waals surface area contributed by atoms with Crippen LogP contribution in [-0.4, -0.2) is 19.8 Å². The molecule has 0 aromatic heterocycles. The summed E-state index contributed by atoms with van der Waals surface area (Å²) in [6, 6.07) is 0. The van der Waals surface area contributed by atoms with Crippen LogP contribution in [0.4, 0.5) is 0 Å². The van der Waals surface area contributed by atoms with Crippen LogP contribution in [0, 0.1) is 0 Å². The molecule has 0 rings (SSSR count). The van der Waals surface area contributed by atoms with Gasteiger partial charge >= 0.3 is 0 Å². The van der Waals surface area contributed by atoms with Crippen molar-refractivity contribution < 1.29 is 0 Å². The monoisotopic (exact) mass is 100 g/mol. The molecule has 7 heavy (non-hydrogen) atoms. The second-order valence-electron chi connectivity index (χ2n) is 1.44. The van der Waals surface area contributed by atoms with E-state index in [4.69, 9.17) is 5.73 Å². The van der Waals surface area contributed by atoms with Gasteiger partial charge in [-0.2, -0.15) is 0 Å². The van der Waals surface area contributed by atoms with Gasteiger partial charge in [-0.25, -0.2) is 0 Å². The largest absolute Gasteiger partial charge is 0.330 e. The molecule has 0 bridgehead atoms. The van der Waals surface area contributed by atoms with E-state index in [1.165, 1.54) is 0 Å². The van der Waals surface area contributed by atoms with Crippen molar-refractivity contribution in [2.24, 2.45) is 10.7 Å². The molecule has 0 aliphatic carbocycles. The lowest BCUT2D eigenvalue weighted by Crippen LogP contribution is -1.98. The molecule has 0 amide bonds. The summed E-state index contributed by atoms with van der Waals surface area (Å²) in [5.74, 6) is 0. The third-order valence-electron chi connectivity index (χ3n) is 0.770. The fourth-order valence-corrected chi connectivity index (χ4v) is 0.368. The molecule has 42 valence electrons. The Morgan fingerprint density at radius 3 is 2.57 bits per heavy atom. The second-order valence-corrected chi connectivity index (χ2v) is 1.44. The van der Waals surface area contributed by atoms with Gasteiger partial charge in [0.25, 0.3) is 0 Å². The number of aliphatic imine (C=N–C) groups is 1. The van der Waals surface area contributed by atoms with Gasteiger partial charge in [-0.05, 0) is 26.1 Å². The van der Waals surface area contributed by atoms with Crippen molar-refractivity contribution in [3.05, 3.63) is 0 Å². The highest BCUT2D eigenvalue weighted by Crippen LogP contribution is 1.83. The van der Waals surface area contributed by atoms with E-state index in [-0.39, 0.29) is 0 Å². The lowest BCUT2D eigenvalue weighted by atomic mass is 10.3. The van der Waals surface area contributed by atoms with E-state index in [1.54, 1.807) is 0 Å². The highest BCUT2D eigenvalue weighted by Gasteiger charge is 1.78. The molecule has 0 aliphatic rings. The minimum atomic E-state index is 0.773. The molecule has 0 spiro atoms. The smallest absolute Gasteiger partial charge is 0.0382 e. The molecule has 0 heterocycles. The van der Waals surface area contributed by atoms with Gasteiger partial charge in [0.2, 0.25) is 0 Å². The summed E-state index contributed by atoms with van der Waals surface area (Å²) in [6.07, 6.45) is 2.15. The Morgan fingerprint density at radius 2 is 2.14 bits per heavy atom. The summed E-state index contributed by atoms with van der Waals surface area (Å²) in [5.41, 5.74) is 5.21. The molecule has 0 unspecified atom stereocenters. The molecule has 0 fully saturated rings. The zero-order valence-electron chi connectivity index (χ0n) is 4.56. The lowest BCUT2D eigenvalue weighted by Gasteiger charge is -1.88. The zero-order chi connectivity index (χ0) is 5.54. The fraction of sp³-hybridized carbons (Fsp3) is 0.800. The van der Waals surface area contributed by atoms with Crippen molar-refractivity contribution in [3.8, 4) is 0 Å². The summed E-state index contributed by atoms with van der Waals surface area (Å²) in [4.78, 5) is 3.67. The molecule has 0 aromatic rings. The molecule has 0 aromatic carbocycles. The van der Waals surface area contributed by atoms with Crippen LogP contribution in [0.3, 0.4) is 0 Å². The first-order valence-electron chi connectivity index (χ1n) is 2.54. The standard InChI is InChI=1S/C5H12N2/c1-7-5-3-2-4-6/h1-6H2. The summed E-state index contributed by atoms with van der Waals surface area (Å²) in [7, 11) is 0. The molecule has 0 radical (unpaired) electrons. The van der Waals surface area contributed by atoms with E-state index < -0.39 is 0 Å². The zero-order valence-corrected chi connectivity index (χ0v) is 4.56. The van der Waals surface area contributed by atoms with Gasteiger partial charge in [0.1, 0.15) is 0 Å². The van der Waals surface area contributed by atoms with Crippen molar-refractivity contribution in [3.63, 3.8) is 0 Å². The number of hydrogen-bond donors (Lipinski definition) is 1. The van der Waals surface area contributed by atoms with Crippen LogP contribution in [-0.2, 0) is 0 Å². The SMILES string of the molecule is C=NCCCCN. The predicted octanol–water partition coefficient (Wildman–Crippen LogP) is 0.426. The van der Waals surface area contributed by atoms with E-state index in [0.717, 1.165) is 25.9 Å². The molecule has 2 nitrogen and oxygen atoms in total. The Hall–Kier alpha value is -0.370. The molecule has 2 heteroatoms. The first-order chi connectivity index (χ1) is 3.41. The topological polar surface area (TPSA) is 38.4 Å². The molecule has 0 saturated heterocycles. The molecule has 0 aliphatic heterocycles. The van der Waals surface area contributed by atoms with Crippen molar-refractivity contribution in [1.82, 2.24) is 0 Å². The average molecular weight is 100 g/mol. The van der Waals surface area contributed by atoms with Gasteiger partial charge in [0, 0.05) is 6.54 Å². The Balaban J connectivity index is 2.56. The predicted molar refractivity (Wildman–Crippen MR) is 32.7 cm³/mol. The molecular formula is C5H12N2. The average Bonchev–Trinajstić information content (AvgIpc) is 1.69. The highest BCUT2D eigenvalue weighted by atomic mass is 14.7. The van der Waals surface area contributed by atoms with Crippen molar-refractivity contribution in [1.29, 1.82) is 0 Å². The summed E-state index contributed by atoms with van der Waals surface area (Å²) in [5, 5.41) is 0. The minimum absolute atomic E-state index is 0.773. The maximum Gasteiger partial charge on any atom is 0.0382 e. The number of unbranched alkanes of at least 4 members (excludes halogenated alkanes) is 1. The van der Waals surface area contributed by atoms with Crippen LogP contribution in [0.2, 0.25) is 0 Å². The number of nitrogens with two attached hydrogens (primary N) is 1. The first kappa shape index (κ1) is 6.63. The van der Waals surface area contributed by atoms with Crippen molar-refractivity contribution >= 4 is 6.72 Å². The van der Waals surface area contributed by atoms with E-state index in [2.05, 4.69) is 11.7 Å². The van der Waals surface area contributed by atoms with Gasteiger partial charge in [-0.15, -0.1) is 0 Å². The van der Waals surface area contributed by atoms with Gasteiger partial charge in [-0.3, -0.25) is 0 Å². The molecular weight excluding hydrogens is 88.1 g/mol. The van der Waals surface area contributed by atoms with E-state index in [0.29, 0.717) is 0 Å². The van der Waals surface area contributed by atoms with Crippen molar-refractivity contribution in [2.75, 3.05) is 13.1 Å². The Kier molecular flexibility index (Phi) is 5.33. The number of nitrogens with zero attached hydrogens (tertiary/aromatic N) is 1. The maximum absolute atomic E-state index is 5.21. The summed E-state index contributed by atoms with van der Waals surface area (Å²) < 4.78 is 0. The van der Waals surface area contributed by atoms with E-state index in [9.17, 15) is 0 Å². The van der Waals surface area contributed by atoms with E-state index >= 15 is 0 Å². The number of hydrogen-bond acceptors (Lipinski definition) is 2. The van der Waals surface area contributed by atoms with Gasteiger partial charge in [0.05, 0.1) is 0 Å². The van der Waals surface area contributed by atoms with Crippen LogP contribution >= 0.6 is 0 Å². The van der Waals surface area contributed by atoms with Crippen LogP contribution in [0.25, 0.3) is 0 Å². The molecule has 0 saturated carbocycles. The molecule has 2 N–H and O–H groups in total. The van der Waals surface area contributed by atoms with Gasteiger partial charge in [0.15, 0.2) is 0 Å². The third-order valence-corrected chi connectivity index (χ3v) is 0.770. The van der Waals surface area contributed by atoms with Crippen molar-refractivity contribution in [2.45, 2.75) is 12.8 Å². The van der Waals surface area contributed by atoms with Crippen LogP contribution in [0.5, 0.6) is 0 Å². The quantitative estimate of drug-likeness (QED) is 0.403.